The molecule has 0 radical (unpaired) electrons. The molecule has 0 saturated carbocycles. The van der Waals surface area contributed by atoms with Crippen LogP contribution < -0.4 is 11.1 Å². The summed E-state index contributed by atoms with van der Waals surface area (Å²) in [5.74, 6) is 0.546. The normalized spacial score (nSPS) is 10.5. The summed E-state index contributed by atoms with van der Waals surface area (Å²) in [6.07, 6.45) is 1.43. The molecular formula is C8H15N5O. The maximum absolute atomic E-state index is 11.3. The molecule has 6 heteroatoms. The SMILES string of the molecule is CC(C)CNC(=O)Cn1cnc(N)n1. The lowest BCUT2D eigenvalue weighted by atomic mass is 10.2. The van der Waals surface area contributed by atoms with Gasteiger partial charge in [0.05, 0.1) is 0 Å². The van der Waals surface area contributed by atoms with Crippen molar-refractivity contribution in [1.29, 1.82) is 0 Å². The van der Waals surface area contributed by atoms with Crippen molar-refractivity contribution < 1.29 is 4.79 Å². The fourth-order valence-corrected chi connectivity index (χ4v) is 0.906. The van der Waals surface area contributed by atoms with Crippen LogP contribution in [-0.4, -0.2) is 27.2 Å². The van der Waals surface area contributed by atoms with Crippen molar-refractivity contribution in [2.45, 2.75) is 20.4 Å². The molecule has 1 aromatic heterocycles. The lowest BCUT2D eigenvalue weighted by Gasteiger charge is -2.06. The Morgan fingerprint density at radius 2 is 2.43 bits per heavy atom. The second kappa shape index (κ2) is 4.59. The Bertz CT molecular complexity index is 306. The van der Waals surface area contributed by atoms with Crippen molar-refractivity contribution in [3.8, 4) is 0 Å². The van der Waals surface area contributed by atoms with E-state index in [0.29, 0.717) is 12.5 Å². The van der Waals surface area contributed by atoms with Crippen LogP contribution in [0.5, 0.6) is 0 Å². The fraction of sp³-hybridized carbons (Fsp3) is 0.625. The zero-order valence-corrected chi connectivity index (χ0v) is 8.40. The molecule has 14 heavy (non-hydrogen) atoms. The van der Waals surface area contributed by atoms with Gasteiger partial charge in [-0.2, -0.15) is 0 Å². The number of carbonyl (C=O) groups excluding carboxylic acids is 1. The second-order valence-corrected chi connectivity index (χ2v) is 3.50. The molecule has 78 valence electrons. The van der Waals surface area contributed by atoms with Gasteiger partial charge in [-0.25, -0.2) is 9.67 Å². The van der Waals surface area contributed by atoms with Crippen LogP contribution in [0.25, 0.3) is 0 Å². The minimum absolute atomic E-state index is 0.0800. The molecule has 0 spiro atoms. The van der Waals surface area contributed by atoms with Gasteiger partial charge in [0.15, 0.2) is 0 Å². The number of hydrogen-bond acceptors (Lipinski definition) is 4. The molecule has 0 aliphatic rings. The van der Waals surface area contributed by atoms with E-state index in [9.17, 15) is 4.79 Å². The minimum atomic E-state index is -0.0800. The van der Waals surface area contributed by atoms with Crippen LogP contribution in [0.3, 0.4) is 0 Å². The first-order valence-electron chi connectivity index (χ1n) is 4.49. The van der Waals surface area contributed by atoms with E-state index in [1.54, 1.807) is 0 Å². The Morgan fingerprint density at radius 3 is 2.93 bits per heavy atom. The van der Waals surface area contributed by atoms with E-state index in [1.165, 1.54) is 11.0 Å². The van der Waals surface area contributed by atoms with Gasteiger partial charge in [0.1, 0.15) is 12.9 Å². The molecule has 0 aliphatic carbocycles. The smallest absolute Gasteiger partial charge is 0.241 e. The maximum Gasteiger partial charge on any atom is 0.241 e. The molecule has 1 heterocycles. The maximum atomic E-state index is 11.3. The van der Waals surface area contributed by atoms with E-state index in [4.69, 9.17) is 5.73 Å². The first-order valence-corrected chi connectivity index (χ1v) is 4.49. The molecule has 0 bridgehead atoms. The number of nitrogens with two attached hydrogens (primary N) is 1. The monoisotopic (exact) mass is 197 g/mol. The highest BCUT2D eigenvalue weighted by atomic mass is 16.2. The third kappa shape index (κ3) is 3.42. The number of carbonyl (C=O) groups is 1. The van der Waals surface area contributed by atoms with Gasteiger partial charge in [-0.1, -0.05) is 13.8 Å². The van der Waals surface area contributed by atoms with Crippen molar-refractivity contribution in [3.63, 3.8) is 0 Å². The lowest BCUT2D eigenvalue weighted by Crippen LogP contribution is -2.30. The summed E-state index contributed by atoms with van der Waals surface area (Å²) in [5, 5.41) is 6.57. The van der Waals surface area contributed by atoms with Crippen molar-refractivity contribution >= 4 is 11.9 Å². The number of amides is 1. The van der Waals surface area contributed by atoms with E-state index in [2.05, 4.69) is 15.4 Å². The molecule has 0 fully saturated rings. The predicted octanol–water partition coefficient (Wildman–Crippen LogP) is -0.367. The van der Waals surface area contributed by atoms with E-state index >= 15 is 0 Å². The quantitative estimate of drug-likeness (QED) is 0.689. The number of nitrogens with zero attached hydrogens (tertiary/aromatic N) is 3. The summed E-state index contributed by atoms with van der Waals surface area (Å²) >= 11 is 0. The topological polar surface area (TPSA) is 85.8 Å². The van der Waals surface area contributed by atoms with Gasteiger partial charge in [0.25, 0.3) is 0 Å². The fourth-order valence-electron chi connectivity index (χ4n) is 0.906. The van der Waals surface area contributed by atoms with Crippen LogP contribution >= 0.6 is 0 Å². The number of aromatic nitrogens is 3. The minimum Gasteiger partial charge on any atom is -0.367 e. The molecule has 3 N–H and O–H groups in total. The lowest BCUT2D eigenvalue weighted by molar-refractivity contribution is -0.122. The van der Waals surface area contributed by atoms with E-state index in [1.807, 2.05) is 13.8 Å². The largest absolute Gasteiger partial charge is 0.367 e. The van der Waals surface area contributed by atoms with Gasteiger partial charge in [-0.05, 0) is 5.92 Å². The van der Waals surface area contributed by atoms with Crippen LogP contribution in [-0.2, 0) is 11.3 Å². The summed E-state index contributed by atoms with van der Waals surface area (Å²) in [6, 6.07) is 0. The Kier molecular flexibility index (Phi) is 3.44. The van der Waals surface area contributed by atoms with Gasteiger partial charge in [-0.15, -0.1) is 5.10 Å². The van der Waals surface area contributed by atoms with Gasteiger partial charge in [-0.3, -0.25) is 4.79 Å². The highest BCUT2D eigenvalue weighted by molar-refractivity contribution is 5.75. The Morgan fingerprint density at radius 1 is 1.71 bits per heavy atom. The van der Waals surface area contributed by atoms with Crippen LogP contribution in [0.4, 0.5) is 5.95 Å². The zero-order valence-electron chi connectivity index (χ0n) is 8.40. The van der Waals surface area contributed by atoms with Gasteiger partial charge < -0.3 is 11.1 Å². The molecular weight excluding hydrogens is 182 g/mol. The van der Waals surface area contributed by atoms with Crippen LogP contribution in [0.2, 0.25) is 0 Å². The molecule has 1 amide bonds. The van der Waals surface area contributed by atoms with E-state index in [-0.39, 0.29) is 18.4 Å². The summed E-state index contributed by atoms with van der Waals surface area (Å²) < 4.78 is 1.41. The van der Waals surface area contributed by atoms with Crippen molar-refractivity contribution in [3.05, 3.63) is 6.33 Å². The third-order valence-electron chi connectivity index (χ3n) is 1.57. The zero-order chi connectivity index (χ0) is 10.6. The highest BCUT2D eigenvalue weighted by Crippen LogP contribution is 1.90. The number of anilines is 1. The number of rotatable bonds is 4. The molecule has 0 saturated heterocycles. The van der Waals surface area contributed by atoms with Crippen molar-refractivity contribution in [2.24, 2.45) is 5.92 Å². The Hall–Kier alpha value is -1.59. The van der Waals surface area contributed by atoms with E-state index in [0.717, 1.165) is 0 Å². The van der Waals surface area contributed by atoms with Crippen LogP contribution in [0, 0.1) is 5.92 Å². The standard InChI is InChI=1S/C8H15N5O/c1-6(2)3-10-7(14)4-13-5-11-8(9)12-13/h5-6H,3-4H2,1-2H3,(H2,9,12)(H,10,14). The Labute approximate surface area is 82.5 Å². The molecule has 0 aromatic carbocycles. The molecule has 0 aliphatic heterocycles. The average Bonchev–Trinajstić information content (AvgIpc) is 2.48. The third-order valence-corrected chi connectivity index (χ3v) is 1.57. The second-order valence-electron chi connectivity index (χ2n) is 3.50. The average molecular weight is 197 g/mol. The van der Waals surface area contributed by atoms with Crippen molar-refractivity contribution in [1.82, 2.24) is 20.1 Å². The summed E-state index contributed by atoms with van der Waals surface area (Å²) in [7, 11) is 0. The molecule has 1 rings (SSSR count). The Balaban J connectivity index is 2.34. The van der Waals surface area contributed by atoms with Crippen LogP contribution in [0.15, 0.2) is 6.33 Å². The number of nitrogen functional groups attached to an aromatic ring is 1. The van der Waals surface area contributed by atoms with Crippen LogP contribution in [0.1, 0.15) is 13.8 Å². The summed E-state index contributed by atoms with van der Waals surface area (Å²) in [4.78, 5) is 15.0. The van der Waals surface area contributed by atoms with Gasteiger partial charge in [0.2, 0.25) is 11.9 Å². The summed E-state index contributed by atoms with van der Waals surface area (Å²) in [5.41, 5.74) is 5.30. The summed E-state index contributed by atoms with van der Waals surface area (Å²) in [6.45, 7) is 4.90. The van der Waals surface area contributed by atoms with Crippen molar-refractivity contribution in [2.75, 3.05) is 12.3 Å². The molecule has 1 aromatic rings. The molecule has 6 nitrogen and oxygen atoms in total. The molecule has 0 unspecified atom stereocenters. The van der Waals surface area contributed by atoms with E-state index < -0.39 is 0 Å². The first-order chi connectivity index (χ1) is 6.58. The molecule has 0 atom stereocenters. The highest BCUT2D eigenvalue weighted by Gasteiger charge is 2.04. The predicted molar refractivity (Wildman–Crippen MR) is 52.3 cm³/mol. The number of hydrogen-bond donors (Lipinski definition) is 2. The van der Waals surface area contributed by atoms with Gasteiger partial charge >= 0.3 is 0 Å². The number of nitrogens with one attached hydrogen (secondary N) is 1. The first kappa shape index (κ1) is 10.5. The van der Waals surface area contributed by atoms with Gasteiger partial charge in [0, 0.05) is 6.54 Å².